The van der Waals surface area contributed by atoms with Gasteiger partial charge in [-0.15, -0.1) is 0 Å². The van der Waals surface area contributed by atoms with Gasteiger partial charge in [0, 0.05) is 12.6 Å². The predicted molar refractivity (Wildman–Crippen MR) is 134 cm³/mol. The molecule has 0 aliphatic rings. The lowest BCUT2D eigenvalue weighted by Crippen LogP contribution is -2.51. The number of benzene rings is 2. The summed E-state index contributed by atoms with van der Waals surface area (Å²) in [4.78, 5) is 49.4. The summed E-state index contributed by atoms with van der Waals surface area (Å²) in [7, 11) is 0. The van der Waals surface area contributed by atoms with Crippen molar-refractivity contribution in [2.24, 2.45) is 11.8 Å². The number of amides is 4. The van der Waals surface area contributed by atoms with Gasteiger partial charge in [-0.3, -0.25) is 19.2 Å². The number of fused-ring (bicyclic) bond motifs is 1. The molecular weight excluding hydrogens is 432 g/mol. The van der Waals surface area contributed by atoms with Crippen molar-refractivity contribution < 1.29 is 19.2 Å². The van der Waals surface area contributed by atoms with Crippen LogP contribution in [0.5, 0.6) is 0 Å². The number of hydrogen-bond acceptors (Lipinski definition) is 4. The topological polar surface area (TPSA) is 116 Å². The van der Waals surface area contributed by atoms with Crippen LogP contribution in [0.15, 0.2) is 42.5 Å². The Kier molecular flexibility index (Phi) is 10.0. The zero-order valence-electron chi connectivity index (χ0n) is 20.6. The molecule has 0 spiro atoms. The number of carbonyl (C=O) groups excluding carboxylic acids is 4. The molecule has 4 amide bonds. The normalized spacial score (nSPS) is 12.8. The van der Waals surface area contributed by atoms with Crippen LogP contribution < -0.4 is 21.3 Å². The Morgan fingerprint density at radius 1 is 0.765 bits per heavy atom. The van der Waals surface area contributed by atoms with Gasteiger partial charge in [-0.2, -0.15) is 0 Å². The Morgan fingerprint density at radius 3 is 1.94 bits per heavy atom. The van der Waals surface area contributed by atoms with E-state index in [4.69, 9.17) is 0 Å². The van der Waals surface area contributed by atoms with Crippen molar-refractivity contribution in [3.8, 4) is 0 Å². The van der Waals surface area contributed by atoms with Gasteiger partial charge in [0.1, 0.15) is 12.1 Å². The van der Waals surface area contributed by atoms with Crippen molar-refractivity contribution in [2.75, 3.05) is 11.9 Å². The van der Waals surface area contributed by atoms with Crippen LogP contribution >= 0.6 is 0 Å². The monoisotopic (exact) mass is 468 g/mol. The molecule has 0 radical (unpaired) electrons. The average molecular weight is 469 g/mol. The van der Waals surface area contributed by atoms with Gasteiger partial charge in [0.15, 0.2) is 0 Å². The molecule has 2 rings (SSSR count). The molecule has 34 heavy (non-hydrogen) atoms. The quantitative estimate of drug-likeness (QED) is 0.406. The third kappa shape index (κ3) is 8.84. The fraction of sp³-hybridized carbons (Fsp3) is 0.462. The standard InChI is InChI=1S/C26H36N4O4/c1-16(2)12-22(28-18(5)31)25(33)27-15-24(32)30-23(13-17(3)4)26(34)29-21-11-10-19-8-6-7-9-20(19)14-21/h6-11,14,16-17,22-23H,12-13,15H2,1-5H3,(H,27,33)(H,28,31)(H,29,34)(H,30,32)/t22-,23-/m0/s1. The van der Waals surface area contributed by atoms with E-state index in [-0.39, 0.29) is 30.2 Å². The summed E-state index contributed by atoms with van der Waals surface area (Å²) in [6, 6.07) is 12.0. The highest BCUT2D eigenvalue weighted by Crippen LogP contribution is 2.19. The highest BCUT2D eigenvalue weighted by Gasteiger charge is 2.24. The Labute approximate surface area is 201 Å². The molecule has 0 aromatic heterocycles. The lowest BCUT2D eigenvalue weighted by Gasteiger charge is -2.22. The molecule has 0 heterocycles. The predicted octanol–water partition coefficient (Wildman–Crippen LogP) is 2.98. The van der Waals surface area contributed by atoms with E-state index in [2.05, 4.69) is 21.3 Å². The number of carbonyl (C=O) groups is 4. The molecule has 2 atom stereocenters. The summed E-state index contributed by atoms with van der Waals surface area (Å²) in [6.45, 7) is 8.88. The maximum Gasteiger partial charge on any atom is 0.246 e. The number of hydrogen-bond donors (Lipinski definition) is 4. The van der Waals surface area contributed by atoms with E-state index < -0.39 is 23.9 Å². The zero-order chi connectivity index (χ0) is 25.3. The van der Waals surface area contributed by atoms with Crippen LogP contribution in [0.25, 0.3) is 10.8 Å². The van der Waals surface area contributed by atoms with Gasteiger partial charge in [0.05, 0.1) is 6.54 Å². The van der Waals surface area contributed by atoms with E-state index in [9.17, 15) is 19.2 Å². The number of rotatable bonds is 11. The van der Waals surface area contributed by atoms with E-state index >= 15 is 0 Å². The average Bonchev–Trinajstić information content (AvgIpc) is 2.75. The molecule has 2 aromatic carbocycles. The summed E-state index contributed by atoms with van der Waals surface area (Å²) < 4.78 is 0. The first-order valence-electron chi connectivity index (χ1n) is 11.7. The molecule has 8 nitrogen and oxygen atoms in total. The summed E-state index contributed by atoms with van der Waals surface area (Å²) in [5, 5.41) is 12.9. The Hall–Kier alpha value is -3.42. The molecule has 0 saturated heterocycles. The molecular formula is C26H36N4O4. The minimum atomic E-state index is -0.752. The smallest absolute Gasteiger partial charge is 0.246 e. The largest absolute Gasteiger partial charge is 0.345 e. The third-order valence-electron chi connectivity index (χ3n) is 5.20. The molecule has 0 aliphatic carbocycles. The molecule has 2 aromatic rings. The fourth-order valence-electron chi connectivity index (χ4n) is 3.68. The SMILES string of the molecule is CC(=O)N[C@@H](CC(C)C)C(=O)NCC(=O)N[C@@H](CC(C)C)C(=O)Nc1ccc2ccccc2c1. The molecule has 4 N–H and O–H groups in total. The molecule has 0 aliphatic heterocycles. The van der Waals surface area contributed by atoms with E-state index in [1.807, 2.05) is 70.2 Å². The van der Waals surface area contributed by atoms with Crippen LogP contribution in [-0.4, -0.2) is 42.3 Å². The fourth-order valence-corrected chi connectivity index (χ4v) is 3.68. The van der Waals surface area contributed by atoms with E-state index in [1.165, 1.54) is 6.92 Å². The van der Waals surface area contributed by atoms with Crippen molar-refractivity contribution in [1.29, 1.82) is 0 Å². The summed E-state index contributed by atoms with van der Waals surface area (Å²) in [5.74, 6) is -1.19. The van der Waals surface area contributed by atoms with Crippen molar-refractivity contribution in [2.45, 2.75) is 59.5 Å². The first-order valence-corrected chi connectivity index (χ1v) is 11.7. The molecule has 0 saturated carbocycles. The van der Waals surface area contributed by atoms with Crippen molar-refractivity contribution in [3.63, 3.8) is 0 Å². The second-order valence-corrected chi connectivity index (χ2v) is 9.40. The summed E-state index contributed by atoms with van der Waals surface area (Å²) >= 11 is 0. The van der Waals surface area contributed by atoms with Crippen LogP contribution in [0, 0.1) is 11.8 Å². The van der Waals surface area contributed by atoms with Crippen LogP contribution in [0.1, 0.15) is 47.5 Å². The van der Waals surface area contributed by atoms with Crippen LogP contribution in [0.2, 0.25) is 0 Å². The van der Waals surface area contributed by atoms with Gasteiger partial charge < -0.3 is 21.3 Å². The lowest BCUT2D eigenvalue weighted by molar-refractivity contribution is -0.131. The first-order chi connectivity index (χ1) is 16.0. The highest BCUT2D eigenvalue weighted by atomic mass is 16.2. The van der Waals surface area contributed by atoms with Gasteiger partial charge in [0.2, 0.25) is 23.6 Å². The Balaban J connectivity index is 1.99. The van der Waals surface area contributed by atoms with Gasteiger partial charge in [0.25, 0.3) is 0 Å². The maximum atomic E-state index is 12.9. The first kappa shape index (κ1) is 26.8. The number of anilines is 1. The molecule has 184 valence electrons. The van der Waals surface area contributed by atoms with Crippen LogP contribution in [0.4, 0.5) is 5.69 Å². The minimum absolute atomic E-state index is 0.164. The summed E-state index contributed by atoms with van der Waals surface area (Å²) in [5.41, 5.74) is 0.645. The van der Waals surface area contributed by atoms with Crippen molar-refractivity contribution >= 4 is 40.1 Å². The molecule has 0 bridgehead atoms. The second-order valence-electron chi connectivity index (χ2n) is 9.40. The Morgan fingerprint density at radius 2 is 1.35 bits per heavy atom. The van der Waals surface area contributed by atoms with Crippen molar-refractivity contribution in [1.82, 2.24) is 16.0 Å². The minimum Gasteiger partial charge on any atom is -0.345 e. The molecule has 8 heteroatoms. The van der Waals surface area contributed by atoms with Gasteiger partial charge in [-0.05, 0) is 47.6 Å². The third-order valence-corrected chi connectivity index (χ3v) is 5.20. The van der Waals surface area contributed by atoms with Gasteiger partial charge >= 0.3 is 0 Å². The van der Waals surface area contributed by atoms with E-state index in [1.54, 1.807) is 0 Å². The van der Waals surface area contributed by atoms with E-state index in [0.29, 0.717) is 18.5 Å². The van der Waals surface area contributed by atoms with Gasteiger partial charge in [-0.1, -0.05) is 58.0 Å². The van der Waals surface area contributed by atoms with E-state index in [0.717, 1.165) is 10.8 Å². The lowest BCUT2D eigenvalue weighted by atomic mass is 10.0. The number of nitrogens with one attached hydrogen (secondary N) is 4. The van der Waals surface area contributed by atoms with Gasteiger partial charge in [-0.25, -0.2) is 0 Å². The Bertz CT molecular complexity index is 1020. The second kappa shape index (κ2) is 12.7. The maximum absolute atomic E-state index is 12.9. The molecule has 0 fully saturated rings. The molecule has 0 unspecified atom stereocenters. The highest BCUT2D eigenvalue weighted by molar-refractivity contribution is 5.99. The van der Waals surface area contributed by atoms with Crippen LogP contribution in [0.3, 0.4) is 0 Å². The van der Waals surface area contributed by atoms with Crippen LogP contribution in [-0.2, 0) is 19.2 Å². The van der Waals surface area contributed by atoms with Crippen molar-refractivity contribution in [3.05, 3.63) is 42.5 Å². The zero-order valence-corrected chi connectivity index (χ0v) is 20.6. The summed E-state index contributed by atoms with van der Waals surface area (Å²) in [6.07, 6.45) is 0.901.